The van der Waals surface area contributed by atoms with Crippen molar-refractivity contribution in [2.24, 2.45) is 0 Å². The van der Waals surface area contributed by atoms with E-state index in [1.165, 1.54) is 32.1 Å². The molecule has 0 heterocycles. The van der Waals surface area contributed by atoms with Gasteiger partial charge in [-0.3, -0.25) is 0 Å². The quantitative estimate of drug-likeness (QED) is 0.712. The minimum absolute atomic E-state index is 0.524. The molecule has 2 heteroatoms. The van der Waals surface area contributed by atoms with Gasteiger partial charge in [0.1, 0.15) is 0 Å². The van der Waals surface area contributed by atoms with Gasteiger partial charge in [-0.25, -0.2) is 0 Å². The number of rotatable bonds is 1. The minimum atomic E-state index is 0.524. The van der Waals surface area contributed by atoms with Crippen LogP contribution in [0.15, 0.2) is 18.2 Å². The van der Waals surface area contributed by atoms with E-state index in [-0.39, 0.29) is 0 Å². The van der Waals surface area contributed by atoms with E-state index < -0.39 is 0 Å². The number of nitriles is 2. The van der Waals surface area contributed by atoms with Gasteiger partial charge >= 0.3 is 0 Å². The molecule has 2 nitrogen and oxygen atoms in total. The first-order valence-electron chi connectivity index (χ1n) is 5.79. The molecule has 80 valence electrons. The number of nitrogens with zero attached hydrogens (tertiary/aromatic N) is 2. The molecule has 0 saturated heterocycles. The summed E-state index contributed by atoms with van der Waals surface area (Å²) in [5.74, 6) is 0.524. The number of hydrogen-bond donors (Lipinski definition) is 0. The predicted molar refractivity (Wildman–Crippen MR) is 61.7 cm³/mol. The number of benzene rings is 1. The fourth-order valence-corrected chi connectivity index (χ4v) is 2.49. The summed E-state index contributed by atoms with van der Waals surface area (Å²) in [6, 6.07) is 9.80. The Morgan fingerprint density at radius 3 is 2.38 bits per heavy atom. The summed E-state index contributed by atoms with van der Waals surface area (Å²) in [5, 5.41) is 17.9. The molecule has 1 fully saturated rings. The van der Waals surface area contributed by atoms with Crippen LogP contribution in [0.25, 0.3) is 0 Å². The molecule has 2 rings (SSSR count). The van der Waals surface area contributed by atoms with E-state index in [0.29, 0.717) is 17.0 Å². The fourth-order valence-electron chi connectivity index (χ4n) is 2.49. The van der Waals surface area contributed by atoms with Crippen LogP contribution in [0.4, 0.5) is 0 Å². The first kappa shape index (κ1) is 10.7. The van der Waals surface area contributed by atoms with Gasteiger partial charge in [-0.2, -0.15) is 10.5 Å². The summed E-state index contributed by atoms with van der Waals surface area (Å²) in [5.41, 5.74) is 2.41. The summed E-state index contributed by atoms with van der Waals surface area (Å²) in [6.45, 7) is 0. The van der Waals surface area contributed by atoms with Gasteiger partial charge in [0.2, 0.25) is 0 Å². The van der Waals surface area contributed by atoms with Gasteiger partial charge in [-0.1, -0.05) is 25.3 Å². The summed E-state index contributed by atoms with van der Waals surface area (Å²) >= 11 is 0. The topological polar surface area (TPSA) is 47.6 Å². The lowest BCUT2D eigenvalue weighted by Gasteiger charge is -2.22. The maximum atomic E-state index is 9.11. The van der Waals surface area contributed by atoms with Crippen molar-refractivity contribution >= 4 is 0 Å². The zero-order chi connectivity index (χ0) is 11.4. The third-order valence-corrected chi connectivity index (χ3v) is 3.35. The Hall–Kier alpha value is -1.80. The van der Waals surface area contributed by atoms with Crippen molar-refractivity contribution in [3.8, 4) is 12.1 Å². The van der Waals surface area contributed by atoms with Crippen molar-refractivity contribution < 1.29 is 0 Å². The van der Waals surface area contributed by atoms with Crippen molar-refractivity contribution in [1.29, 1.82) is 10.5 Å². The smallest absolute Gasteiger partial charge is 0.0995 e. The molecule has 0 bridgehead atoms. The average molecular weight is 210 g/mol. The monoisotopic (exact) mass is 210 g/mol. The van der Waals surface area contributed by atoms with Crippen LogP contribution in [0.3, 0.4) is 0 Å². The second kappa shape index (κ2) is 4.81. The molecule has 0 atom stereocenters. The molecule has 16 heavy (non-hydrogen) atoms. The van der Waals surface area contributed by atoms with Crippen molar-refractivity contribution in [3.63, 3.8) is 0 Å². The van der Waals surface area contributed by atoms with Crippen molar-refractivity contribution in [3.05, 3.63) is 34.9 Å². The SMILES string of the molecule is N#Cc1ccc(C2CCCCC2)c(C#N)c1. The van der Waals surface area contributed by atoms with E-state index in [1.54, 1.807) is 6.07 Å². The molecule has 0 N–H and O–H groups in total. The summed E-state index contributed by atoms with van der Waals surface area (Å²) < 4.78 is 0. The summed E-state index contributed by atoms with van der Waals surface area (Å²) in [7, 11) is 0. The first-order valence-corrected chi connectivity index (χ1v) is 5.79. The van der Waals surface area contributed by atoms with Crippen molar-refractivity contribution in [2.45, 2.75) is 38.0 Å². The lowest BCUT2D eigenvalue weighted by Crippen LogP contribution is -2.06. The predicted octanol–water partition coefficient (Wildman–Crippen LogP) is 3.48. The molecule has 0 amide bonds. The molecule has 1 aromatic carbocycles. The van der Waals surface area contributed by atoms with Crippen LogP contribution < -0.4 is 0 Å². The van der Waals surface area contributed by atoms with E-state index in [0.717, 1.165) is 5.56 Å². The Balaban J connectivity index is 2.33. The van der Waals surface area contributed by atoms with Crippen molar-refractivity contribution in [2.75, 3.05) is 0 Å². The molecule has 0 aliphatic heterocycles. The Bertz CT molecular complexity index is 457. The second-order valence-corrected chi connectivity index (χ2v) is 4.36. The Morgan fingerprint density at radius 1 is 1.00 bits per heavy atom. The molecule has 1 aliphatic carbocycles. The molecular formula is C14H14N2. The van der Waals surface area contributed by atoms with Crippen LogP contribution >= 0.6 is 0 Å². The van der Waals surface area contributed by atoms with E-state index in [2.05, 4.69) is 12.1 Å². The zero-order valence-corrected chi connectivity index (χ0v) is 9.24. The molecule has 0 spiro atoms. The molecule has 0 unspecified atom stereocenters. The van der Waals surface area contributed by atoms with E-state index in [4.69, 9.17) is 10.5 Å². The van der Waals surface area contributed by atoms with Gasteiger partial charge in [0, 0.05) is 0 Å². The van der Waals surface area contributed by atoms with Crippen LogP contribution in [0.1, 0.15) is 54.7 Å². The summed E-state index contributed by atoms with van der Waals surface area (Å²) in [6.07, 6.45) is 6.20. The van der Waals surface area contributed by atoms with Crippen LogP contribution in [0.5, 0.6) is 0 Å². The Labute approximate surface area is 96.1 Å². The lowest BCUT2D eigenvalue weighted by molar-refractivity contribution is 0.443. The van der Waals surface area contributed by atoms with Gasteiger partial charge in [0.25, 0.3) is 0 Å². The second-order valence-electron chi connectivity index (χ2n) is 4.36. The van der Waals surface area contributed by atoms with Crippen molar-refractivity contribution in [1.82, 2.24) is 0 Å². The zero-order valence-electron chi connectivity index (χ0n) is 9.24. The van der Waals surface area contributed by atoms with Gasteiger partial charge in [-0.15, -0.1) is 0 Å². The van der Waals surface area contributed by atoms with E-state index in [9.17, 15) is 0 Å². The molecule has 1 aliphatic rings. The van der Waals surface area contributed by atoms with Crippen LogP contribution in [0.2, 0.25) is 0 Å². The molecular weight excluding hydrogens is 196 g/mol. The molecule has 0 aromatic heterocycles. The average Bonchev–Trinajstić information content (AvgIpc) is 2.39. The molecule has 0 radical (unpaired) electrons. The highest BCUT2D eigenvalue weighted by atomic mass is 14.3. The highest BCUT2D eigenvalue weighted by Gasteiger charge is 2.18. The van der Waals surface area contributed by atoms with Gasteiger partial charge in [-0.05, 0) is 36.5 Å². The largest absolute Gasteiger partial charge is 0.192 e. The fraction of sp³-hybridized carbons (Fsp3) is 0.429. The Kier molecular flexibility index (Phi) is 3.22. The van der Waals surface area contributed by atoms with Gasteiger partial charge in [0.15, 0.2) is 0 Å². The highest BCUT2D eigenvalue weighted by molar-refractivity contribution is 5.46. The van der Waals surface area contributed by atoms with Crippen LogP contribution in [0, 0.1) is 22.7 Å². The van der Waals surface area contributed by atoms with Gasteiger partial charge < -0.3 is 0 Å². The van der Waals surface area contributed by atoms with Gasteiger partial charge in [0.05, 0.1) is 23.3 Å². The molecule has 1 aromatic rings. The third-order valence-electron chi connectivity index (χ3n) is 3.35. The standard InChI is InChI=1S/C14H14N2/c15-9-11-6-7-14(13(8-11)10-16)12-4-2-1-3-5-12/h6-8,12H,1-5H2. The van der Waals surface area contributed by atoms with Crippen LogP contribution in [-0.2, 0) is 0 Å². The summed E-state index contributed by atoms with van der Waals surface area (Å²) in [4.78, 5) is 0. The number of hydrogen-bond acceptors (Lipinski definition) is 2. The highest BCUT2D eigenvalue weighted by Crippen LogP contribution is 2.34. The normalized spacial score (nSPS) is 16.4. The minimum Gasteiger partial charge on any atom is -0.192 e. The van der Waals surface area contributed by atoms with Crippen LogP contribution in [-0.4, -0.2) is 0 Å². The van der Waals surface area contributed by atoms with E-state index in [1.807, 2.05) is 12.1 Å². The van der Waals surface area contributed by atoms with E-state index >= 15 is 0 Å². The maximum absolute atomic E-state index is 9.11. The maximum Gasteiger partial charge on any atom is 0.0995 e. The Morgan fingerprint density at radius 2 is 1.75 bits per heavy atom. The first-order chi connectivity index (χ1) is 7.85. The lowest BCUT2D eigenvalue weighted by atomic mass is 9.82. The molecule has 1 saturated carbocycles. The third kappa shape index (κ3) is 2.07.